The van der Waals surface area contributed by atoms with Crippen LogP contribution < -0.4 is 5.73 Å². The molecule has 1 atom stereocenters. The van der Waals surface area contributed by atoms with Gasteiger partial charge in [-0.25, -0.2) is 0 Å². The number of nitrogens with two attached hydrogens (primary N) is 1. The number of ether oxygens (including phenoxy) is 1. The van der Waals surface area contributed by atoms with Crippen LogP contribution >= 0.6 is 0 Å². The summed E-state index contributed by atoms with van der Waals surface area (Å²) in [6, 6.07) is 0. The molecular formula is C9H19NO2. The normalized spacial score (nSPS) is 13.1. The van der Waals surface area contributed by atoms with E-state index in [0.717, 1.165) is 12.8 Å². The molecule has 0 aromatic rings. The van der Waals surface area contributed by atoms with Gasteiger partial charge in [-0.05, 0) is 20.3 Å². The first kappa shape index (κ1) is 11.4. The van der Waals surface area contributed by atoms with Crippen LogP contribution in [0, 0.1) is 5.92 Å². The Morgan fingerprint density at radius 3 is 2.42 bits per heavy atom. The lowest BCUT2D eigenvalue weighted by Crippen LogP contribution is -2.27. The molecule has 72 valence electrons. The number of hydrogen-bond acceptors (Lipinski definition) is 3. The molecule has 0 aliphatic rings. The second-order valence-electron chi connectivity index (χ2n) is 3.21. The monoisotopic (exact) mass is 173 g/mol. The Bertz CT molecular complexity index is 134. The van der Waals surface area contributed by atoms with E-state index < -0.39 is 0 Å². The van der Waals surface area contributed by atoms with Gasteiger partial charge in [-0.3, -0.25) is 4.79 Å². The van der Waals surface area contributed by atoms with E-state index in [1.54, 1.807) is 0 Å². The van der Waals surface area contributed by atoms with Crippen LogP contribution in [0.3, 0.4) is 0 Å². The van der Waals surface area contributed by atoms with Crippen molar-refractivity contribution in [3.8, 4) is 0 Å². The molecule has 12 heavy (non-hydrogen) atoms. The van der Waals surface area contributed by atoms with E-state index in [4.69, 9.17) is 10.5 Å². The fourth-order valence-electron chi connectivity index (χ4n) is 1.01. The van der Waals surface area contributed by atoms with E-state index in [0.29, 0.717) is 6.54 Å². The van der Waals surface area contributed by atoms with Gasteiger partial charge in [-0.1, -0.05) is 13.3 Å². The zero-order valence-corrected chi connectivity index (χ0v) is 8.17. The molecule has 0 aromatic heterocycles. The van der Waals surface area contributed by atoms with E-state index in [2.05, 4.69) is 0 Å². The van der Waals surface area contributed by atoms with Crippen LogP contribution in [0.1, 0.15) is 33.6 Å². The van der Waals surface area contributed by atoms with Crippen molar-refractivity contribution < 1.29 is 9.53 Å². The van der Waals surface area contributed by atoms with Gasteiger partial charge in [0.1, 0.15) is 0 Å². The molecule has 0 saturated heterocycles. The van der Waals surface area contributed by atoms with Crippen molar-refractivity contribution in [1.82, 2.24) is 0 Å². The van der Waals surface area contributed by atoms with E-state index >= 15 is 0 Å². The van der Waals surface area contributed by atoms with Crippen LogP contribution in [0.5, 0.6) is 0 Å². The van der Waals surface area contributed by atoms with Gasteiger partial charge < -0.3 is 10.5 Å². The van der Waals surface area contributed by atoms with Crippen molar-refractivity contribution in [2.45, 2.75) is 39.7 Å². The molecule has 0 heterocycles. The summed E-state index contributed by atoms with van der Waals surface area (Å²) in [5.74, 6) is -0.272. The standard InChI is InChI=1S/C9H19NO2/c1-4-5-8(6-10)9(11)12-7(2)3/h7-8H,4-6,10H2,1-3H3. The average Bonchev–Trinajstić information content (AvgIpc) is 1.98. The third-order valence-electron chi connectivity index (χ3n) is 1.61. The Labute approximate surface area is 74.3 Å². The average molecular weight is 173 g/mol. The van der Waals surface area contributed by atoms with Crippen molar-refractivity contribution >= 4 is 5.97 Å². The molecule has 0 rings (SSSR count). The van der Waals surface area contributed by atoms with Crippen LogP contribution in [0.4, 0.5) is 0 Å². The molecule has 0 spiro atoms. The van der Waals surface area contributed by atoms with E-state index in [1.165, 1.54) is 0 Å². The maximum Gasteiger partial charge on any atom is 0.310 e. The SMILES string of the molecule is CCCC(CN)C(=O)OC(C)C. The number of esters is 1. The van der Waals surface area contributed by atoms with Crippen molar-refractivity contribution in [1.29, 1.82) is 0 Å². The molecular weight excluding hydrogens is 154 g/mol. The minimum Gasteiger partial charge on any atom is -0.463 e. The van der Waals surface area contributed by atoms with Crippen LogP contribution in [0.15, 0.2) is 0 Å². The number of carbonyl (C=O) groups is 1. The molecule has 3 heteroatoms. The zero-order valence-electron chi connectivity index (χ0n) is 8.17. The Hall–Kier alpha value is -0.570. The summed E-state index contributed by atoms with van der Waals surface area (Å²) < 4.78 is 5.04. The maximum atomic E-state index is 11.3. The highest BCUT2D eigenvalue weighted by Gasteiger charge is 2.17. The first-order chi connectivity index (χ1) is 5.61. The molecule has 0 radical (unpaired) electrons. The van der Waals surface area contributed by atoms with E-state index in [1.807, 2.05) is 20.8 Å². The first-order valence-electron chi connectivity index (χ1n) is 4.52. The van der Waals surface area contributed by atoms with Crippen LogP contribution in [0.25, 0.3) is 0 Å². The molecule has 0 amide bonds. The lowest BCUT2D eigenvalue weighted by atomic mass is 10.0. The lowest BCUT2D eigenvalue weighted by Gasteiger charge is -2.14. The molecule has 1 unspecified atom stereocenters. The van der Waals surface area contributed by atoms with E-state index in [9.17, 15) is 4.79 Å². The smallest absolute Gasteiger partial charge is 0.310 e. The van der Waals surface area contributed by atoms with Gasteiger partial charge in [-0.2, -0.15) is 0 Å². The number of rotatable bonds is 5. The molecule has 0 fully saturated rings. The van der Waals surface area contributed by atoms with Gasteiger partial charge in [0, 0.05) is 6.54 Å². The predicted molar refractivity (Wildman–Crippen MR) is 48.7 cm³/mol. The molecule has 3 nitrogen and oxygen atoms in total. The summed E-state index contributed by atoms with van der Waals surface area (Å²) in [6.45, 7) is 6.11. The predicted octanol–water partition coefficient (Wildman–Crippen LogP) is 1.31. The van der Waals surface area contributed by atoms with Crippen molar-refractivity contribution in [2.75, 3.05) is 6.54 Å². The summed E-state index contributed by atoms with van der Waals surface area (Å²) in [5, 5.41) is 0. The van der Waals surface area contributed by atoms with Crippen LogP contribution in [-0.4, -0.2) is 18.6 Å². The molecule has 2 N–H and O–H groups in total. The van der Waals surface area contributed by atoms with Crippen LogP contribution in [-0.2, 0) is 9.53 Å². The topological polar surface area (TPSA) is 52.3 Å². The highest BCUT2D eigenvalue weighted by Crippen LogP contribution is 2.07. The third-order valence-corrected chi connectivity index (χ3v) is 1.61. The van der Waals surface area contributed by atoms with Gasteiger partial charge in [0.15, 0.2) is 0 Å². The largest absolute Gasteiger partial charge is 0.463 e. The summed E-state index contributed by atoms with van der Waals surface area (Å²) in [5.41, 5.74) is 5.43. The van der Waals surface area contributed by atoms with E-state index in [-0.39, 0.29) is 18.0 Å². The van der Waals surface area contributed by atoms with Crippen molar-refractivity contribution in [3.05, 3.63) is 0 Å². The molecule has 0 saturated carbocycles. The maximum absolute atomic E-state index is 11.3. The zero-order chi connectivity index (χ0) is 9.56. The molecule has 0 aromatic carbocycles. The van der Waals surface area contributed by atoms with Gasteiger partial charge in [-0.15, -0.1) is 0 Å². The third kappa shape index (κ3) is 4.34. The van der Waals surface area contributed by atoms with Crippen molar-refractivity contribution in [2.24, 2.45) is 11.7 Å². The van der Waals surface area contributed by atoms with Gasteiger partial charge in [0.25, 0.3) is 0 Å². The lowest BCUT2D eigenvalue weighted by molar-refractivity contribution is -0.152. The minimum absolute atomic E-state index is 0.0385. The van der Waals surface area contributed by atoms with Gasteiger partial charge >= 0.3 is 5.97 Å². The molecule has 0 aliphatic carbocycles. The molecule has 0 bridgehead atoms. The number of carbonyl (C=O) groups excluding carboxylic acids is 1. The Balaban J connectivity index is 3.85. The number of hydrogen-bond donors (Lipinski definition) is 1. The highest BCUT2D eigenvalue weighted by molar-refractivity contribution is 5.72. The van der Waals surface area contributed by atoms with Gasteiger partial charge in [0.05, 0.1) is 12.0 Å². The van der Waals surface area contributed by atoms with Crippen molar-refractivity contribution in [3.63, 3.8) is 0 Å². The Morgan fingerprint density at radius 2 is 2.08 bits per heavy atom. The van der Waals surface area contributed by atoms with Gasteiger partial charge in [0.2, 0.25) is 0 Å². The second kappa shape index (κ2) is 6.00. The Morgan fingerprint density at radius 1 is 1.50 bits per heavy atom. The van der Waals surface area contributed by atoms with Crippen LogP contribution in [0.2, 0.25) is 0 Å². The Kier molecular flexibility index (Phi) is 5.72. The summed E-state index contributed by atoms with van der Waals surface area (Å²) >= 11 is 0. The summed E-state index contributed by atoms with van der Waals surface area (Å²) in [6.07, 6.45) is 1.75. The summed E-state index contributed by atoms with van der Waals surface area (Å²) in [7, 11) is 0. The fourth-order valence-corrected chi connectivity index (χ4v) is 1.01. The molecule has 0 aliphatic heterocycles. The highest BCUT2D eigenvalue weighted by atomic mass is 16.5. The fraction of sp³-hybridized carbons (Fsp3) is 0.889. The first-order valence-corrected chi connectivity index (χ1v) is 4.52. The quantitative estimate of drug-likeness (QED) is 0.638. The second-order valence-corrected chi connectivity index (χ2v) is 3.21. The minimum atomic E-state index is -0.158. The summed E-state index contributed by atoms with van der Waals surface area (Å²) in [4.78, 5) is 11.3.